The summed E-state index contributed by atoms with van der Waals surface area (Å²) in [5.74, 6) is -0.762. The highest BCUT2D eigenvalue weighted by atomic mass is 32.2. The number of para-hydroxylation sites is 1. The fraction of sp³-hybridized carbons (Fsp3) is 0.200. The minimum atomic E-state index is -3.55. The molecule has 9 heteroatoms. The Morgan fingerprint density at radius 1 is 0.853 bits per heavy atom. The first-order chi connectivity index (χ1) is 16.3. The Morgan fingerprint density at radius 2 is 1.44 bits per heavy atom. The SMILES string of the molecule is CS(=O)(=O)CC(=O)NC(COCc1ccccc1)C(=O)Nc1ccc(Oc2ccccc2)cc1. The van der Waals surface area contributed by atoms with E-state index in [1.165, 1.54) is 0 Å². The normalized spacial score (nSPS) is 11.9. The number of benzene rings is 3. The first-order valence-electron chi connectivity index (χ1n) is 10.5. The Labute approximate surface area is 198 Å². The fourth-order valence-corrected chi connectivity index (χ4v) is 3.55. The van der Waals surface area contributed by atoms with Gasteiger partial charge in [0.1, 0.15) is 23.3 Å². The maximum absolute atomic E-state index is 12.8. The molecule has 3 aromatic carbocycles. The maximum atomic E-state index is 12.8. The molecular formula is C25H26N2O6S. The second-order valence-corrected chi connectivity index (χ2v) is 9.76. The van der Waals surface area contributed by atoms with Gasteiger partial charge in [-0.05, 0) is 42.0 Å². The smallest absolute Gasteiger partial charge is 0.249 e. The zero-order chi connectivity index (χ0) is 24.4. The third kappa shape index (κ3) is 8.68. The molecule has 0 saturated heterocycles. The van der Waals surface area contributed by atoms with E-state index in [2.05, 4.69) is 10.6 Å². The molecule has 3 aromatic rings. The molecule has 8 nitrogen and oxygen atoms in total. The largest absolute Gasteiger partial charge is 0.457 e. The number of ether oxygens (including phenoxy) is 2. The third-order valence-corrected chi connectivity index (χ3v) is 5.33. The number of sulfone groups is 1. The van der Waals surface area contributed by atoms with Crippen molar-refractivity contribution in [3.05, 3.63) is 90.5 Å². The van der Waals surface area contributed by atoms with Gasteiger partial charge in [0.05, 0.1) is 13.2 Å². The van der Waals surface area contributed by atoms with Crippen LogP contribution in [0.25, 0.3) is 0 Å². The predicted octanol–water partition coefficient (Wildman–Crippen LogP) is 3.16. The van der Waals surface area contributed by atoms with Crippen molar-refractivity contribution in [3.8, 4) is 11.5 Å². The van der Waals surface area contributed by atoms with Crippen LogP contribution in [-0.2, 0) is 30.8 Å². The van der Waals surface area contributed by atoms with E-state index < -0.39 is 33.4 Å². The van der Waals surface area contributed by atoms with E-state index >= 15 is 0 Å². The monoisotopic (exact) mass is 482 g/mol. The van der Waals surface area contributed by atoms with Crippen LogP contribution >= 0.6 is 0 Å². The van der Waals surface area contributed by atoms with Gasteiger partial charge in [0.25, 0.3) is 0 Å². The van der Waals surface area contributed by atoms with E-state index in [-0.39, 0.29) is 13.2 Å². The molecule has 2 N–H and O–H groups in total. The Hall–Kier alpha value is -3.69. The molecule has 0 bridgehead atoms. The Kier molecular flexibility index (Phi) is 8.78. The lowest BCUT2D eigenvalue weighted by Crippen LogP contribution is -2.48. The molecule has 0 aliphatic carbocycles. The van der Waals surface area contributed by atoms with Crippen molar-refractivity contribution in [3.63, 3.8) is 0 Å². The van der Waals surface area contributed by atoms with E-state index in [1.807, 2.05) is 60.7 Å². The maximum Gasteiger partial charge on any atom is 0.249 e. The van der Waals surface area contributed by atoms with Gasteiger partial charge >= 0.3 is 0 Å². The van der Waals surface area contributed by atoms with E-state index in [0.717, 1.165) is 11.8 Å². The van der Waals surface area contributed by atoms with Gasteiger partial charge in [0.2, 0.25) is 11.8 Å². The molecule has 0 fully saturated rings. The Balaban J connectivity index is 1.62. The summed E-state index contributed by atoms with van der Waals surface area (Å²) in [4.78, 5) is 25.0. The zero-order valence-electron chi connectivity index (χ0n) is 18.6. The number of amides is 2. The van der Waals surface area contributed by atoms with Gasteiger partial charge in [0, 0.05) is 11.9 Å². The van der Waals surface area contributed by atoms with Crippen LogP contribution in [0.2, 0.25) is 0 Å². The molecule has 0 saturated carbocycles. The fourth-order valence-electron chi connectivity index (χ4n) is 2.99. The van der Waals surface area contributed by atoms with Crippen LogP contribution in [0, 0.1) is 0 Å². The third-order valence-electron chi connectivity index (χ3n) is 4.54. The summed E-state index contributed by atoms with van der Waals surface area (Å²) in [6.07, 6.45) is 0.951. The van der Waals surface area contributed by atoms with Crippen molar-refractivity contribution in [1.29, 1.82) is 0 Å². The number of hydrogen-bond acceptors (Lipinski definition) is 6. The number of carbonyl (C=O) groups excluding carboxylic acids is 2. The first kappa shape index (κ1) is 24.9. The van der Waals surface area contributed by atoms with Gasteiger partial charge < -0.3 is 20.1 Å². The number of rotatable bonds is 11. The van der Waals surface area contributed by atoms with E-state index in [9.17, 15) is 18.0 Å². The molecule has 0 heterocycles. The summed E-state index contributed by atoms with van der Waals surface area (Å²) in [5, 5.41) is 5.16. The van der Waals surface area contributed by atoms with Crippen molar-refractivity contribution in [2.75, 3.05) is 23.9 Å². The van der Waals surface area contributed by atoms with Crippen molar-refractivity contribution in [2.24, 2.45) is 0 Å². The molecule has 0 aliphatic heterocycles. The average molecular weight is 483 g/mol. The highest BCUT2D eigenvalue weighted by molar-refractivity contribution is 7.91. The summed E-state index contributed by atoms with van der Waals surface area (Å²) in [6, 6.07) is 24.3. The lowest BCUT2D eigenvalue weighted by Gasteiger charge is -2.19. The second-order valence-electron chi connectivity index (χ2n) is 7.62. The quantitative estimate of drug-likeness (QED) is 0.434. The van der Waals surface area contributed by atoms with Crippen molar-refractivity contribution < 1.29 is 27.5 Å². The van der Waals surface area contributed by atoms with Gasteiger partial charge in [0.15, 0.2) is 9.84 Å². The second kappa shape index (κ2) is 12.0. The molecule has 0 spiro atoms. The molecule has 1 atom stereocenters. The number of anilines is 1. The topological polar surface area (TPSA) is 111 Å². The molecule has 1 unspecified atom stereocenters. The highest BCUT2D eigenvalue weighted by Gasteiger charge is 2.23. The zero-order valence-corrected chi connectivity index (χ0v) is 19.5. The van der Waals surface area contributed by atoms with Crippen LogP contribution in [0.5, 0.6) is 11.5 Å². The molecule has 0 aromatic heterocycles. The minimum absolute atomic E-state index is 0.134. The van der Waals surface area contributed by atoms with Crippen LogP contribution in [0.4, 0.5) is 5.69 Å². The Bertz CT molecular complexity index is 1180. The lowest BCUT2D eigenvalue weighted by molar-refractivity contribution is -0.126. The molecular weight excluding hydrogens is 456 g/mol. The Morgan fingerprint density at radius 3 is 2.06 bits per heavy atom. The van der Waals surface area contributed by atoms with Crippen molar-refractivity contribution >= 4 is 27.3 Å². The number of hydrogen-bond donors (Lipinski definition) is 2. The van der Waals surface area contributed by atoms with Gasteiger partial charge in [-0.2, -0.15) is 0 Å². The van der Waals surface area contributed by atoms with Gasteiger partial charge in [-0.1, -0.05) is 48.5 Å². The number of nitrogens with one attached hydrogen (secondary N) is 2. The van der Waals surface area contributed by atoms with E-state index in [0.29, 0.717) is 17.2 Å². The van der Waals surface area contributed by atoms with Crippen molar-refractivity contribution in [1.82, 2.24) is 5.32 Å². The van der Waals surface area contributed by atoms with E-state index in [4.69, 9.17) is 9.47 Å². The standard InChI is InChI=1S/C25H26N2O6S/c1-34(30,31)18-24(28)27-23(17-32-16-19-8-4-2-5-9-19)25(29)26-20-12-14-22(15-13-20)33-21-10-6-3-7-11-21/h2-15,23H,16-18H2,1H3,(H,26,29)(H,27,28). The van der Waals surface area contributed by atoms with E-state index in [1.54, 1.807) is 24.3 Å². The average Bonchev–Trinajstić information content (AvgIpc) is 2.80. The molecule has 2 amide bonds. The molecule has 0 aliphatic rings. The molecule has 0 radical (unpaired) electrons. The predicted molar refractivity (Wildman–Crippen MR) is 129 cm³/mol. The van der Waals surface area contributed by atoms with Gasteiger partial charge in [-0.15, -0.1) is 0 Å². The molecule has 178 valence electrons. The lowest BCUT2D eigenvalue weighted by atomic mass is 10.2. The van der Waals surface area contributed by atoms with Crippen LogP contribution in [-0.4, -0.2) is 44.9 Å². The summed E-state index contributed by atoms with van der Waals surface area (Å²) in [6.45, 7) is 0.101. The summed E-state index contributed by atoms with van der Waals surface area (Å²) in [5.41, 5.74) is 1.38. The minimum Gasteiger partial charge on any atom is -0.457 e. The highest BCUT2D eigenvalue weighted by Crippen LogP contribution is 2.22. The van der Waals surface area contributed by atoms with Crippen LogP contribution in [0.3, 0.4) is 0 Å². The van der Waals surface area contributed by atoms with Crippen LogP contribution in [0.15, 0.2) is 84.9 Å². The summed E-state index contributed by atoms with van der Waals surface area (Å²) >= 11 is 0. The van der Waals surface area contributed by atoms with Crippen LogP contribution in [0.1, 0.15) is 5.56 Å². The van der Waals surface area contributed by atoms with Gasteiger partial charge in [-0.25, -0.2) is 8.42 Å². The summed E-state index contributed by atoms with van der Waals surface area (Å²) in [7, 11) is -3.55. The van der Waals surface area contributed by atoms with Gasteiger partial charge in [-0.3, -0.25) is 9.59 Å². The summed E-state index contributed by atoms with van der Waals surface area (Å²) < 4.78 is 34.2. The van der Waals surface area contributed by atoms with Crippen molar-refractivity contribution in [2.45, 2.75) is 12.6 Å². The van der Waals surface area contributed by atoms with Crippen LogP contribution < -0.4 is 15.4 Å². The first-order valence-corrected chi connectivity index (χ1v) is 12.6. The molecule has 3 rings (SSSR count). The number of carbonyl (C=O) groups is 2. The molecule has 34 heavy (non-hydrogen) atoms.